The highest BCUT2D eigenvalue weighted by molar-refractivity contribution is 8.00. The van der Waals surface area contributed by atoms with Gasteiger partial charge in [0.05, 0.1) is 10.6 Å². The van der Waals surface area contributed by atoms with Crippen molar-refractivity contribution in [1.29, 1.82) is 0 Å². The lowest BCUT2D eigenvalue weighted by molar-refractivity contribution is -0.192. The number of halogens is 4. The van der Waals surface area contributed by atoms with E-state index >= 15 is 0 Å². The molecule has 0 radical (unpaired) electrons. The molecule has 45 heavy (non-hydrogen) atoms. The Morgan fingerprint density at radius 2 is 1.71 bits per heavy atom. The van der Waals surface area contributed by atoms with E-state index in [1.54, 1.807) is 18.8 Å². The predicted molar refractivity (Wildman–Crippen MR) is 167 cm³/mol. The van der Waals surface area contributed by atoms with Crippen molar-refractivity contribution >= 4 is 50.3 Å². The molecule has 1 aliphatic rings. The number of rotatable bonds is 9. The van der Waals surface area contributed by atoms with Crippen molar-refractivity contribution < 1.29 is 31.5 Å². The number of hydrogen-bond acceptors (Lipinski definition) is 8. The van der Waals surface area contributed by atoms with Gasteiger partial charge in [0.1, 0.15) is 0 Å². The number of aliphatic carboxylic acids is 1. The normalized spacial score (nSPS) is 14.9. The minimum Gasteiger partial charge on any atom is -0.475 e. The smallest absolute Gasteiger partial charge is 0.475 e. The maximum atomic E-state index is 13.7. The van der Waals surface area contributed by atoms with E-state index in [2.05, 4.69) is 0 Å². The molecule has 4 rings (SSSR count). The number of fused-ring (bicyclic) bond motifs is 1. The van der Waals surface area contributed by atoms with Crippen LogP contribution in [-0.2, 0) is 34.8 Å². The molecule has 248 valence electrons. The summed E-state index contributed by atoms with van der Waals surface area (Å²) in [7, 11) is -2.19. The third-order valence-electron chi connectivity index (χ3n) is 7.32. The highest BCUT2D eigenvalue weighted by Crippen LogP contribution is 2.43. The molecule has 2 aromatic heterocycles. The quantitative estimate of drug-likeness (QED) is 0.310. The van der Waals surface area contributed by atoms with Gasteiger partial charge in [0.25, 0.3) is 5.56 Å². The Hall–Kier alpha value is -3.08. The zero-order valence-corrected chi connectivity index (χ0v) is 27.3. The van der Waals surface area contributed by atoms with E-state index < -0.39 is 39.0 Å². The minimum atomic E-state index is -5.08. The Labute approximate surface area is 266 Å². The Bertz CT molecular complexity index is 1790. The van der Waals surface area contributed by atoms with Crippen molar-refractivity contribution in [3.05, 3.63) is 61.8 Å². The summed E-state index contributed by atoms with van der Waals surface area (Å²) in [4.78, 5) is 40.7. The van der Waals surface area contributed by atoms with Crippen LogP contribution in [0.25, 0.3) is 11.2 Å². The standard InChI is InChI=1S/C26H34ClN5O4S2.C2HF3O2/c1-18(2)11-14-31-21-22(29-24(31)37-26(17-28)12-5-4-6-13-26)30(3)25(34)32(23(21)33)15-16-38(35,36)20-9-7-19(27)8-10-20;3-2(4,5)1(6)7/h7-11H,4-6,12-17,28H2,1-3H3;(H,6,7). The Morgan fingerprint density at radius 3 is 2.22 bits per heavy atom. The lowest BCUT2D eigenvalue weighted by Crippen LogP contribution is -2.41. The first-order valence-corrected chi connectivity index (χ1v) is 16.8. The molecule has 2 heterocycles. The van der Waals surface area contributed by atoms with Gasteiger partial charge in [-0.1, -0.05) is 54.3 Å². The number of imidazole rings is 1. The topological polar surface area (TPSA) is 159 Å². The molecule has 0 unspecified atom stereocenters. The van der Waals surface area contributed by atoms with Crippen LogP contribution in [0.4, 0.5) is 13.2 Å². The number of aryl methyl sites for hydroxylation is 1. The summed E-state index contributed by atoms with van der Waals surface area (Å²) in [5.41, 5.74) is 6.72. The number of carboxylic acids is 1. The van der Waals surface area contributed by atoms with Crippen molar-refractivity contribution in [3.8, 4) is 0 Å². The fourth-order valence-electron chi connectivity index (χ4n) is 4.78. The van der Waals surface area contributed by atoms with Crippen LogP contribution < -0.4 is 17.0 Å². The number of nitrogens with two attached hydrogens (primary N) is 1. The molecule has 0 atom stereocenters. The molecule has 3 aromatic rings. The SMILES string of the molecule is CC(C)=CCn1c(SC2(CN)CCCCC2)nc2c1c(=O)n(CCS(=O)(=O)c1ccc(Cl)cc1)c(=O)n2C.O=C(O)C(F)(F)F. The number of sulfone groups is 1. The van der Waals surface area contributed by atoms with Gasteiger partial charge in [-0.05, 0) is 51.0 Å². The summed E-state index contributed by atoms with van der Waals surface area (Å²) in [5.74, 6) is -3.16. The number of thioether (sulfide) groups is 1. The number of aromatic nitrogens is 4. The number of alkyl halides is 3. The summed E-state index contributed by atoms with van der Waals surface area (Å²) in [6.07, 6.45) is 2.20. The van der Waals surface area contributed by atoms with Gasteiger partial charge in [-0.3, -0.25) is 13.9 Å². The molecule has 1 saturated carbocycles. The van der Waals surface area contributed by atoms with Crippen LogP contribution in [0.1, 0.15) is 46.0 Å². The number of nitrogens with zero attached hydrogens (tertiary/aromatic N) is 4. The van der Waals surface area contributed by atoms with Gasteiger partial charge >= 0.3 is 17.8 Å². The Morgan fingerprint density at radius 1 is 1.13 bits per heavy atom. The molecule has 0 amide bonds. The van der Waals surface area contributed by atoms with Gasteiger partial charge in [0.15, 0.2) is 26.2 Å². The zero-order valence-electron chi connectivity index (χ0n) is 24.9. The first-order chi connectivity index (χ1) is 20.9. The second kappa shape index (κ2) is 14.6. The summed E-state index contributed by atoms with van der Waals surface area (Å²) in [6.45, 7) is 4.57. The van der Waals surface area contributed by atoms with Crippen LogP contribution in [0.5, 0.6) is 0 Å². The molecule has 17 heteroatoms. The molecule has 1 aromatic carbocycles. The number of carbonyl (C=O) groups is 1. The van der Waals surface area contributed by atoms with E-state index in [0.29, 0.717) is 23.3 Å². The second-order valence-electron chi connectivity index (χ2n) is 10.9. The van der Waals surface area contributed by atoms with Crippen molar-refractivity contribution in [3.63, 3.8) is 0 Å². The number of allylic oxidation sites excluding steroid dienone is 2. The molecule has 11 nitrogen and oxygen atoms in total. The summed E-state index contributed by atoms with van der Waals surface area (Å²) >= 11 is 7.47. The first-order valence-electron chi connectivity index (χ1n) is 13.9. The largest absolute Gasteiger partial charge is 0.490 e. The lowest BCUT2D eigenvalue weighted by atomic mass is 9.88. The van der Waals surface area contributed by atoms with Gasteiger partial charge in [-0.25, -0.2) is 23.0 Å². The van der Waals surface area contributed by atoms with Crippen LogP contribution in [0, 0.1) is 0 Å². The third kappa shape index (κ3) is 8.80. The lowest BCUT2D eigenvalue weighted by Gasteiger charge is -2.35. The maximum absolute atomic E-state index is 13.7. The van der Waals surface area contributed by atoms with E-state index in [1.807, 2.05) is 24.5 Å². The van der Waals surface area contributed by atoms with Crippen LogP contribution in [0.15, 0.2) is 55.6 Å². The van der Waals surface area contributed by atoms with Crippen LogP contribution >= 0.6 is 23.4 Å². The van der Waals surface area contributed by atoms with E-state index in [1.165, 1.54) is 35.3 Å². The Kier molecular flexibility index (Phi) is 11.8. The van der Waals surface area contributed by atoms with Crippen molar-refractivity contribution in [2.75, 3.05) is 12.3 Å². The number of carboxylic acid groups (broad SMARTS) is 1. The van der Waals surface area contributed by atoms with Crippen LogP contribution in [0.2, 0.25) is 5.02 Å². The van der Waals surface area contributed by atoms with Crippen LogP contribution in [0.3, 0.4) is 0 Å². The van der Waals surface area contributed by atoms with Gasteiger partial charge < -0.3 is 15.4 Å². The molecule has 1 aliphatic carbocycles. The molecule has 1 fully saturated rings. The molecular formula is C28H35ClF3N5O6S2. The molecule has 0 aliphatic heterocycles. The summed E-state index contributed by atoms with van der Waals surface area (Å²) in [6, 6.07) is 5.82. The van der Waals surface area contributed by atoms with Gasteiger partial charge in [0.2, 0.25) is 0 Å². The molecule has 0 bridgehead atoms. The van der Waals surface area contributed by atoms with E-state index in [4.69, 9.17) is 32.2 Å². The zero-order chi connectivity index (χ0) is 33.7. The summed E-state index contributed by atoms with van der Waals surface area (Å²) in [5, 5.41) is 8.19. The first kappa shape index (κ1) is 36.4. The molecule has 0 spiro atoms. The maximum Gasteiger partial charge on any atom is 0.490 e. The molecule has 3 N–H and O–H groups in total. The monoisotopic (exact) mass is 693 g/mol. The van der Waals surface area contributed by atoms with Crippen molar-refractivity contribution in [2.45, 2.75) is 80.0 Å². The average molecular weight is 694 g/mol. The number of benzene rings is 1. The minimum absolute atomic E-state index is 0.0831. The van der Waals surface area contributed by atoms with Gasteiger partial charge in [0, 0.05) is 36.5 Å². The predicted octanol–water partition coefficient (Wildman–Crippen LogP) is 4.38. The second-order valence-corrected chi connectivity index (χ2v) is 14.9. The number of hydrogen-bond donors (Lipinski definition) is 2. The molecule has 0 saturated heterocycles. The van der Waals surface area contributed by atoms with Crippen molar-refractivity contribution in [2.24, 2.45) is 12.8 Å². The van der Waals surface area contributed by atoms with Gasteiger partial charge in [-0.15, -0.1) is 0 Å². The highest BCUT2D eigenvalue weighted by atomic mass is 35.5. The van der Waals surface area contributed by atoms with Crippen molar-refractivity contribution in [1.82, 2.24) is 18.7 Å². The van der Waals surface area contributed by atoms with Gasteiger partial charge in [-0.2, -0.15) is 13.2 Å². The van der Waals surface area contributed by atoms with E-state index in [0.717, 1.165) is 35.8 Å². The molecular weight excluding hydrogens is 659 g/mol. The highest BCUT2D eigenvalue weighted by Gasteiger charge is 2.38. The summed E-state index contributed by atoms with van der Waals surface area (Å²) < 4.78 is 61.6. The average Bonchev–Trinajstić information content (AvgIpc) is 3.33. The van der Waals surface area contributed by atoms with E-state index in [-0.39, 0.29) is 27.4 Å². The fourth-order valence-corrected chi connectivity index (χ4v) is 7.49. The van der Waals surface area contributed by atoms with E-state index in [9.17, 15) is 31.2 Å². The fraction of sp³-hybridized carbons (Fsp3) is 0.500. The third-order valence-corrected chi connectivity index (χ3v) is 10.8. The Balaban J connectivity index is 0.000000707. The van der Waals surface area contributed by atoms with Crippen LogP contribution in [-0.4, -0.2) is 61.4 Å².